The number of aliphatic hydroxyl groups is 1. The smallest absolute Gasteiger partial charge is 0.338 e. The number of esters is 1. The summed E-state index contributed by atoms with van der Waals surface area (Å²) in [6, 6.07) is 1.14. The average molecular weight is 638 g/mol. The molecule has 5 atom stereocenters. The van der Waals surface area contributed by atoms with Gasteiger partial charge in [0, 0.05) is 23.8 Å². The number of aliphatic hydroxyl groups excluding tert-OH is 1. The number of alkyl halides is 2. The number of carbonyl (C=O) groups excluding carboxylic acids is 1. The number of amidine groups is 1. The molecule has 3 aliphatic rings. The lowest BCUT2D eigenvalue weighted by Gasteiger charge is -2.31. The van der Waals surface area contributed by atoms with Crippen LogP contribution in [0.15, 0.2) is 46.0 Å². The molecule has 11 nitrogen and oxygen atoms in total. The molecule has 2 fully saturated rings. The Morgan fingerprint density at radius 3 is 2.75 bits per heavy atom. The lowest BCUT2D eigenvalue weighted by molar-refractivity contribution is -0.197. The molecule has 0 amide bonds. The molecule has 0 saturated carbocycles. The number of benzene rings is 1. The monoisotopic (exact) mass is 637 g/mol. The van der Waals surface area contributed by atoms with Gasteiger partial charge in [0.1, 0.15) is 17.9 Å². The van der Waals surface area contributed by atoms with Crippen LogP contribution in [0, 0.1) is 18.7 Å². The van der Waals surface area contributed by atoms with Gasteiger partial charge in [0.05, 0.1) is 49.9 Å². The molecule has 44 heavy (non-hydrogen) atoms. The number of nitrogens with one attached hydrogen (secondary N) is 1. The van der Waals surface area contributed by atoms with E-state index in [-0.39, 0.29) is 43.0 Å². The Bertz CT molecular complexity index is 1450. The van der Waals surface area contributed by atoms with Crippen molar-refractivity contribution in [3.8, 4) is 0 Å². The molecule has 238 valence electrons. The first-order valence-electron chi connectivity index (χ1n) is 14.3. The summed E-state index contributed by atoms with van der Waals surface area (Å²) in [4.78, 5) is 41.1. The van der Waals surface area contributed by atoms with E-state index >= 15 is 8.78 Å². The van der Waals surface area contributed by atoms with Crippen LogP contribution in [-0.2, 0) is 19.2 Å². The zero-order valence-corrected chi connectivity index (χ0v) is 25.2. The number of thiazole rings is 1. The van der Waals surface area contributed by atoms with Crippen LogP contribution in [-0.4, -0.2) is 99.9 Å². The number of hydrogen-bond donors (Lipinski definition) is 3. The molecule has 0 radical (unpaired) electrons. The number of hydroxylamine groups is 2. The van der Waals surface area contributed by atoms with Crippen molar-refractivity contribution >= 4 is 29.1 Å². The number of carboxylic acids is 1. The van der Waals surface area contributed by atoms with E-state index < -0.39 is 66.9 Å². The topological polar surface area (TPSA) is 137 Å². The van der Waals surface area contributed by atoms with E-state index in [1.165, 1.54) is 28.4 Å². The van der Waals surface area contributed by atoms with Crippen LogP contribution in [0.5, 0.6) is 0 Å². The third-order valence-corrected chi connectivity index (χ3v) is 8.99. The molecular weight excluding hydrogens is 603 g/mol. The molecule has 0 aliphatic carbocycles. The number of halogens is 3. The summed E-state index contributed by atoms with van der Waals surface area (Å²) in [6.07, 6.45) is 0.271. The maximum Gasteiger partial charge on any atom is 0.338 e. The van der Waals surface area contributed by atoms with Crippen molar-refractivity contribution in [1.82, 2.24) is 20.3 Å². The maximum atomic E-state index is 15.6. The number of aliphatic imine (C=N–C) groups is 1. The van der Waals surface area contributed by atoms with Gasteiger partial charge in [-0.2, -0.15) is 5.06 Å². The predicted molar refractivity (Wildman–Crippen MR) is 154 cm³/mol. The summed E-state index contributed by atoms with van der Waals surface area (Å²) in [5, 5.41) is 26.3. The Morgan fingerprint density at radius 1 is 1.32 bits per heavy atom. The predicted octanol–water partition coefficient (Wildman–Crippen LogP) is 2.91. The minimum Gasteiger partial charge on any atom is -0.481 e. The molecule has 3 N–H and O–H groups in total. The van der Waals surface area contributed by atoms with Crippen molar-refractivity contribution in [2.75, 3.05) is 32.8 Å². The van der Waals surface area contributed by atoms with Crippen LogP contribution < -0.4 is 5.32 Å². The van der Waals surface area contributed by atoms with Crippen molar-refractivity contribution in [3.05, 3.63) is 63.0 Å². The number of hydrogen-bond acceptors (Lipinski definition) is 11. The highest BCUT2D eigenvalue weighted by Gasteiger charge is 2.61. The minimum atomic E-state index is -3.30. The molecule has 0 spiro atoms. The maximum absolute atomic E-state index is 15.6. The Balaban J connectivity index is 1.51. The van der Waals surface area contributed by atoms with Gasteiger partial charge < -0.3 is 20.3 Å². The van der Waals surface area contributed by atoms with Gasteiger partial charge in [-0.3, -0.25) is 19.5 Å². The van der Waals surface area contributed by atoms with Gasteiger partial charge >= 0.3 is 11.9 Å². The van der Waals surface area contributed by atoms with Crippen LogP contribution in [0.25, 0.3) is 0 Å². The summed E-state index contributed by atoms with van der Waals surface area (Å²) >= 11 is 1.28. The summed E-state index contributed by atoms with van der Waals surface area (Å²) < 4.78 is 51.3. The first-order valence-corrected chi connectivity index (χ1v) is 15.2. The largest absolute Gasteiger partial charge is 0.481 e. The molecule has 2 aromatic rings. The zero-order chi connectivity index (χ0) is 31.8. The Hall–Kier alpha value is -3.37. The molecule has 0 bridgehead atoms. The number of nitrogens with zero attached hydrogens (tertiary/aromatic N) is 4. The Kier molecular flexibility index (Phi) is 9.41. The Morgan fingerprint density at radius 2 is 2.09 bits per heavy atom. The summed E-state index contributed by atoms with van der Waals surface area (Å²) in [7, 11) is 0. The van der Waals surface area contributed by atoms with Crippen molar-refractivity contribution < 1.29 is 42.5 Å². The van der Waals surface area contributed by atoms with Crippen LogP contribution in [0.1, 0.15) is 42.4 Å². The zero-order valence-electron chi connectivity index (χ0n) is 24.4. The highest BCUT2D eigenvalue weighted by atomic mass is 32.1. The van der Waals surface area contributed by atoms with E-state index in [4.69, 9.17) is 14.6 Å². The highest BCUT2D eigenvalue weighted by molar-refractivity contribution is 7.11. The standard InChI is InChI=1S/C29H34F3N5O6S/c1-4-16(27(39)40)21(38)12-37-24-20(13-43-37)36(14-29(24,31)32)11-19-22(28(41)42-5-2)23(17-7-6-8-18(30)15(17)3)35-25(34-19)26-33-9-10-44-26/h6-10,16,20-21,23-24,38H,4-5,11-14H2,1-3H3,(H,34,35)(H,39,40)/t16-,20-,21-,23+,24+/m1/s1. The second-order valence-electron chi connectivity index (χ2n) is 10.9. The molecular formula is C29H34F3N5O6S. The van der Waals surface area contributed by atoms with Gasteiger partial charge in [0.15, 0.2) is 10.8 Å². The average Bonchev–Trinajstić information content (AvgIpc) is 3.70. The van der Waals surface area contributed by atoms with Crippen LogP contribution in [0.4, 0.5) is 13.2 Å². The van der Waals surface area contributed by atoms with Crippen molar-refractivity contribution in [1.29, 1.82) is 0 Å². The van der Waals surface area contributed by atoms with Crippen LogP contribution >= 0.6 is 11.3 Å². The summed E-state index contributed by atoms with van der Waals surface area (Å²) in [5.41, 5.74) is 1.01. The third-order valence-electron chi connectivity index (χ3n) is 8.21. The van der Waals surface area contributed by atoms with Crippen molar-refractivity contribution in [2.24, 2.45) is 10.9 Å². The number of carboxylic acid groups (broad SMARTS) is 1. The normalized spacial score (nSPS) is 24.9. The second-order valence-corrected chi connectivity index (χ2v) is 11.8. The molecule has 15 heteroatoms. The number of carbonyl (C=O) groups is 2. The van der Waals surface area contributed by atoms with Gasteiger partial charge in [0.2, 0.25) is 0 Å². The molecule has 4 heterocycles. The lowest BCUT2D eigenvalue weighted by Crippen LogP contribution is -2.49. The third kappa shape index (κ3) is 6.11. The SMILES string of the molecule is CCOC(=O)C1=C(CN2CC(F)(F)[C@@H]3[C@H]2CON3C[C@@H](O)[C@@H](CC)C(=O)O)NC(c2nccs2)=N[C@H]1c1cccc(F)c1C. The molecule has 1 aromatic heterocycles. The first kappa shape index (κ1) is 32.0. The number of rotatable bonds is 11. The first-order chi connectivity index (χ1) is 21.0. The van der Waals surface area contributed by atoms with E-state index in [2.05, 4.69) is 10.3 Å². The Labute approximate surface area is 255 Å². The van der Waals surface area contributed by atoms with E-state index in [9.17, 15) is 24.2 Å². The van der Waals surface area contributed by atoms with E-state index in [1.807, 2.05) is 0 Å². The van der Waals surface area contributed by atoms with Crippen LogP contribution in [0.2, 0.25) is 0 Å². The van der Waals surface area contributed by atoms with E-state index in [0.29, 0.717) is 16.4 Å². The number of aliphatic carboxylic acids is 1. The number of likely N-dealkylation sites (tertiary alicyclic amines) is 1. The fourth-order valence-corrected chi connectivity index (χ4v) is 6.63. The van der Waals surface area contributed by atoms with Crippen LogP contribution in [0.3, 0.4) is 0 Å². The van der Waals surface area contributed by atoms with Gasteiger partial charge in [-0.1, -0.05) is 19.1 Å². The summed E-state index contributed by atoms with van der Waals surface area (Å²) in [6.45, 7) is 3.45. The molecule has 3 aliphatic heterocycles. The molecule has 2 saturated heterocycles. The molecule has 5 rings (SSSR count). The highest BCUT2D eigenvalue weighted by Crippen LogP contribution is 2.42. The van der Waals surface area contributed by atoms with E-state index in [1.54, 1.807) is 38.4 Å². The number of ether oxygens (including phenoxy) is 1. The summed E-state index contributed by atoms with van der Waals surface area (Å²) in [5.74, 6) is -6.57. The number of fused-ring (bicyclic) bond motifs is 1. The number of β-amino-alcohol motifs (C(OH)–C–C–N with tert-alkyl or cyclic N) is 1. The minimum absolute atomic E-state index is 0.0419. The van der Waals surface area contributed by atoms with Gasteiger partial charge in [-0.15, -0.1) is 11.3 Å². The van der Waals surface area contributed by atoms with Crippen molar-refractivity contribution in [3.63, 3.8) is 0 Å². The quantitative estimate of drug-likeness (QED) is 0.316. The number of aromatic nitrogens is 1. The van der Waals surface area contributed by atoms with E-state index in [0.717, 1.165) is 5.06 Å². The second kappa shape index (κ2) is 12.9. The lowest BCUT2D eigenvalue weighted by atomic mass is 9.92. The fourth-order valence-electron chi connectivity index (χ4n) is 6.04. The van der Waals surface area contributed by atoms with Gasteiger partial charge in [0.25, 0.3) is 5.92 Å². The fraction of sp³-hybridized carbons (Fsp3) is 0.517. The molecule has 0 unspecified atom stereocenters. The van der Waals surface area contributed by atoms with Gasteiger partial charge in [-0.05, 0) is 37.5 Å². The van der Waals surface area contributed by atoms with Gasteiger partial charge in [-0.25, -0.2) is 22.9 Å². The molecule has 1 aromatic carbocycles. The van der Waals surface area contributed by atoms with Crippen molar-refractivity contribution in [2.45, 2.75) is 57.3 Å².